The van der Waals surface area contributed by atoms with E-state index in [0.29, 0.717) is 5.92 Å². The second-order valence-corrected chi connectivity index (χ2v) is 5.12. The summed E-state index contributed by atoms with van der Waals surface area (Å²) in [4.78, 5) is 0. The van der Waals surface area contributed by atoms with Crippen LogP contribution in [-0.4, -0.2) is 11.7 Å². The van der Waals surface area contributed by atoms with Crippen molar-refractivity contribution < 1.29 is 5.11 Å². The molecule has 0 aliphatic carbocycles. The minimum atomic E-state index is 0.277. The van der Waals surface area contributed by atoms with Crippen molar-refractivity contribution in [2.24, 2.45) is 5.92 Å². The van der Waals surface area contributed by atoms with Crippen LogP contribution in [0.1, 0.15) is 50.7 Å². The van der Waals surface area contributed by atoms with Gasteiger partial charge in [0.25, 0.3) is 0 Å². The molecule has 0 spiro atoms. The highest BCUT2D eigenvalue weighted by molar-refractivity contribution is 5.23. The van der Waals surface area contributed by atoms with Crippen LogP contribution in [0.4, 0.5) is 0 Å². The minimum Gasteiger partial charge on any atom is -0.396 e. The largest absolute Gasteiger partial charge is 0.396 e. The number of hydrogen-bond donors (Lipinski definition) is 1. The molecule has 1 N–H and O–H groups in total. The molecule has 1 nitrogen and oxygen atoms in total. The van der Waals surface area contributed by atoms with E-state index in [1.807, 2.05) is 0 Å². The Bertz CT molecular complexity index is 289. The van der Waals surface area contributed by atoms with Gasteiger partial charge in [-0.1, -0.05) is 57.4 Å². The standard InChI is InChI=1S/C16H26O/c1-3-4-5-6-7-15-8-10-16(11-9-15)12-14(2)13-17/h8-11,14,17H,3-7,12-13H2,1-2H3. The van der Waals surface area contributed by atoms with Crippen LogP contribution in [0, 0.1) is 5.92 Å². The fourth-order valence-corrected chi connectivity index (χ4v) is 2.06. The Morgan fingerprint density at radius 2 is 1.65 bits per heavy atom. The average molecular weight is 234 g/mol. The van der Waals surface area contributed by atoms with Gasteiger partial charge >= 0.3 is 0 Å². The van der Waals surface area contributed by atoms with Gasteiger partial charge in [-0.05, 0) is 36.3 Å². The molecule has 96 valence electrons. The van der Waals surface area contributed by atoms with E-state index < -0.39 is 0 Å². The summed E-state index contributed by atoms with van der Waals surface area (Å²) in [5.74, 6) is 0.366. The molecule has 1 aromatic carbocycles. The number of aryl methyl sites for hydroxylation is 1. The molecule has 0 bridgehead atoms. The lowest BCUT2D eigenvalue weighted by Crippen LogP contribution is -2.04. The maximum atomic E-state index is 9.02. The highest BCUT2D eigenvalue weighted by Gasteiger charge is 2.01. The van der Waals surface area contributed by atoms with Crippen LogP contribution in [0.5, 0.6) is 0 Å². The lowest BCUT2D eigenvalue weighted by atomic mass is 9.99. The summed E-state index contributed by atoms with van der Waals surface area (Å²) in [6.07, 6.45) is 7.49. The van der Waals surface area contributed by atoms with Crippen LogP contribution in [0.25, 0.3) is 0 Å². The van der Waals surface area contributed by atoms with Crippen LogP contribution >= 0.6 is 0 Å². The SMILES string of the molecule is CCCCCCc1ccc(CC(C)CO)cc1. The van der Waals surface area contributed by atoms with Gasteiger partial charge < -0.3 is 5.11 Å². The molecule has 0 saturated carbocycles. The average Bonchev–Trinajstić information content (AvgIpc) is 2.36. The summed E-state index contributed by atoms with van der Waals surface area (Å²) >= 11 is 0. The van der Waals surface area contributed by atoms with E-state index in [1.54, 1.807) is 0 Å². The van der Waals surface area contributed by atoms with Gasteiger partial charge in [-0.3, -0.25) is 0 Å². The van der Waals surface area contributed by atoms with Gasteiger partial charge in [0.15, 0.2) is 0 Å². The normalized spacial score (nSPS) is 12.6. The summed E-state index contributed by atoms with van der Waals surface area (Å²) in [6, 6.07) is 8.90. The Morgan fingerprint density at radius 1 is 1.00 bits per heavy atom. The summed E-state index contributed by atoms with van der Waals surface area (Å²) in [5.41, 5.74) is 2.78. The molecule has 1 heteroatoms. The number of benzene rings is 1. The third kappa shape index (κ3) is 5.88. The number of unbranched alkanes of at least 4 members (excludes halogenated alkanes) is 3. The smallest absolute Gasteiger partial charge is 0.0459 e. The van der Waals surface area contributed by atoms with Crippen LogP contribution < -0.4 is 0 Å². The minimum absolute atomic E-state index is 0.277. The third-order valence-electron chi connectivity index (χ3n) is 3.24. The molecule has 0 aliphatic rings. The van der Waals surface area contributed by atoms with Crippen LogP contribution in [0.15, 0.2) is 24.3 Å². The van der Waals surface area contributed by atoms with E-state index in [0.717, 1.165) is 6.42 Å². The van der Waals surface area contributed by atoms with Crippen molar-refractivity contribution in [1.82, 2.24) is 0 Å². The topological polar surface area (TPSA) is 20.2 Å². The molecule has 0 saturated heterocycles. The van der Waals surface area contributed by atoms with E-state index in [4.69, 9.17) is 5.11 Å². The van der Waals surface area contributed by atoms with Crippen molar-refractivity contribution >= 4 is 0 Å². The van der Waals surface area contributed by atoms with E-state index in [1.165, 1.54) is 43.2 Å². The zero-order valence-electron chi connectivity index (χ0n) is 11.3. The molecule has 17 heavy (non-hydrogen) atoms. The molecule has 0 amide bonds. The second-order valence-electron chi connectivity index (χ2n) is 5.12. The summed E-state index contributed by atoms with van der Waals surface area (Å²) < 4.78 is 0. The van der Waals surface area contributed by atoms with Gasteiger partial charge in [0.2, 0.25) is 0 Å². The first kappa shape index (κ1) is 14.2. The Balaban J connectivity index is 2.34. The Hall–Kier alpha value is -0.820. The summed E-state index contributed by atoms with van der Waals surface area (Å²) in [7, 11) is 0. The first-order valence-electron chi connectivity index (χ1n) is 6.95. The van der Waals surface area contributed by atoms with Crippen molar-refractivity contribution in [2.75, 3.05) is 6.61 Å². The van der Waals surface area contributed by atoms with Crippen LogP contribution in [-0.2, 0) is 12.8 Å². The van der Waals surface area contributed by atoms with Crippen LogP contribution in [0.3, 0.4) is 0 Å². The predicted octanol–water partition coefficient (Wildman–Crippen LogP) is 3.98. The van der Waals surface area contributed by atoms with Crippen molar-refractivity contribution in [3.05, 3.63) is 35.4 Å². The molecule has 0 aliphatic heterocycles. The lowest BCUT2D eigenvalue weighted by Gasteiger charge is -2.08. The van der Waals surface area contributed by atoms with Gasteiger partial charge in [-0.25, -0.2) is 0 Å². The highest BCUT2D eigenvalue weighted by atomic mass is 16.3. The maximum absolute atomic E-state index is 9.02. The van der Waals surface area contributed by atoms with Gasteiger partial charge in [-0.2, -0.15) is 0 Å². The molecular formula is C16H26O. The molecule has 0 fully saturated rings. The van der Waals surface area contributed by atoms with Crippen molar-refractivity contribution in [3.8, 4) is 0 Å². The molecule has 1 aromatic rings. The summed E-state index contributed by atoms with van der Waals surface area (Å²) in [6.45, 7) is 4.61. The van der Waals surface area contributed by atoms with Gasteiger partial charge in [-0.15, -0.1) is 0 Å². The van der Waals surface area contributed by atoms with Gasteiger partial charge in [0.1, 0.15) is 0 Å². The van der Waals surface area contributed by atoms with Crippen molar-refractivity contribution in [3.63, 3.8) is 0 Å². The third-order valence-corrected chi connectivity index (χ3v) is 3.24. The molecule has 1 rings (SSSR count). The number of rotatable bonds is 8. The predicted molar refractivity (Wildman–Crippen MR) is 74.2 cm³/mol. The zero-order chi connectivity index (χ0) is 12.5. The quantitative estimate of drug-likeness (QED) is 0.675. The maximum Gasteiger partial charge on any atom is 0.0459 e. The van der Waals surface area contributed by atoms with E-state index in [9.17, 15) is 0 Å². The Labute approximate surface area is 106 Å². The number of aliphatic hydroxyl groups is 1. The first-order chi connectivity index (χ1) is 8.26. The van der Waals surface area contributed by atoms with Crippen molar-refractivity contribution in [1.29, 1.82) is 0 Å². The summed E-state index contributed by atoms with van der Waals surface area (Å²) in [5, 5.41) is 9.02. The van der Waals surface area contributed by atoms with E-state index in [2.05, 4.69) is 38.1 Å². The fourth-order valence-electron chi connectivity index (χ4n) is 2.06. The molecule has 0 heterocycles. The zero-order valence-corrected chi connectivity index (χ0v) is 11.3. The number of hydrogen-bond acceptors (Lipinski definition) is 1. The van der Waals surface area contributed by atoms with Crippen molar-refractivity contribution in [2.45, 2.75) is 52.4 Å². The fraction of sp³-hybridized carbons (Fsp3) is 0.625. The molecule has 1 unspecified atom stereocenters. The molecular weight excluding hydrogens is 208 g/mol. The second kappa shape index (κ2) is 8.30. The van der Waals surface area contributed by atoms with E-state index >= 15 is 0 Å². The lowest BCUT2D eigenvalue weighted by molar-refractivity contribution is 0.237. The monoisotopic (exact) mass is 234 g/mol. The molecule has 0 aromatic heterocycles. The van der Waals surface area contributed by atoms with Crippen LogP contribution in [0.2, 0.25) is 0 Å². The Morgan fingerprint density at radius 3 is 2.24 bits per heavy atom. The van der Waals surface area contributed by atoms with E-state index in [-0.39, 0.29) is 6.61 Å². The number of aliphatic hydroxyl groups excluding tert-OH is 1. The Kier molecular flexibility index (Phi) is 6.95. The highest BCUT2D eigenvalue weighted by Crippen LogP contribution is 2.12. The molecule has 0 radical (unpaired) electrons. The molecule has 1 atom stereocenters. The van der Waals surface area contributed by atoms with Gasteiger partial charge in [0, 0.05) is 6.61 Å². The first-order valence-corrected chi connectivity index (χ1v) is 6.95. The van der Waals surface area contributed by atoms with Gasteiger partial charge in [0.05, 0.1) is 0 Å².